The predicted octanol–water partition coefficient (Wildman–Crippen LogP) is 0.481. The molecule has 1 aromatic carbocycles. The minimum Gasteiger partial charge on any atom is -0.347 e. The molecule has 0 aliphatic carbocycles. The highest BCUT2D eigenvalue weighted by atomic mass is 32.2. The van der Waals surface area contributed by atoms with Crippen molar-refractivity contribution in [3.63, 3.8) is 0 Å². The number of hydrogen-bond donors (Lipinski definition) is 1. The number of rotatable bonds is 5. The van der Waals surface area contributed by atoms with E-state index in [0.29, 0.717) is 13.2 Å². The summed E-state index contributed by atoms with van der Waals surface area (Å²) in [6.07, 6.45) is 2.05. The van der Waals surface area contributed by atoms with Gasteiger partial charge in [-0.05, 0) is 24.5 Å². The molecule has 0 spiro atoms. The highest BCUT2D eigenvalue weighted by molar-refractivity contribution is 7.98. The van der Waals surface area contributed by atoms with Gasteiger partial charge in [0.2, 0.25) is 5.78 Å². The van der Waals surface area contributed by atoms with Crippen LogP contribution < -0.4 is 10.2 Å². The van der Waals surface area contributed by atoms with Gasteiger partial charge in [0.25, 0.3) is 5.78 Å². The van der Waals surface area contributed by atoms with Crippen molar-refractivity contribution in [2.45, 2.75) is 10.9 Å². The summed E-state index contributed by atoms with van der Waals surface area (Å²) in [7, 11) is 0. The molecular formula is C13H14N2O3S. The van der Waals surface area contributed by atoms with Gasteiger partial charge in [-0.3, -0.25) is 19.7 Å². The Balaban J connectivity index is 2.25. The first-order valence-electron chi connectivity index (χ1n) is 5.82. The number of nitrogens with one attached hydrogen (secondary N) is 1. The smallest absolute Gasteiger partial charge is 0.263 e. The van der Waals surface area contributed by atoms with E-state index in [2.05, 4.69) is 5.32 Å². The molecule has 5 nitrogen and oxygen atoms in total. The van der Waals surface area contributed by atoms with Gasteiger partial charge in [0, 0.05) is 17.1 Å². The molecule has 0 bridgehead atoms. The van der Waals surface area contributed by atoms with E-state index in [1.165, 1.54) is 0 Å². The number of carbonyl (C=O) groups excluding carboxylic acids is 3. The lowest BCUT2D eigenvalue weighted by Gasteiger charge is -2.24. The van der Waals surface area contributed by atoms with Crippen LogP contribution in [0.5, 0.6) is 0 Å². The minimum atomic E-state index is -0.972. The first kappa shape index (κ1) is 13.8. The number of aldehydes is 1. The van der Waals surface area contributed by atoms with E-state index in [1.54, 1.807) is 11.8 Å². The molecule has 1 unspecified atom stereocenters. The monoisotopic (exact) mass is 278 g/mol. The van der Waals surface area contributed by atoms with Crippen LogP contribution in [0.15, 0.2) is 29.2 Å². The third-order valence-corrected chi connectivity index (χ3v) is 3.76. The normalized spacial score (nSPS) is 18.4. The van der Waals surface area contributed by atoms with Crippen LogP contribution in [0.3, 0.4) is 0 Å². The molecule has 2 rings (SSSR count). The van der Waals surface area contributed by atoms with E-state index in [4.69, 9.17) is 0 Å². The van der Waals surface area contributed by atoms with Crippen LogP contribution in [0.4, 0.5) is 5.69 Å². The maximum Gasteiger partial charge on any atom is 0.263 e. The molecule has 0 radical (unpaired) electrons. The predicted molar refractivity (Wildman–Crippen MR) is 73.4 cm³/mol. The van der Waals surface area contributed by atoms with Gasteiger partial charge in [-0.2, -0.15) is 0 Å². The lowest BCUT2D eigenvalue weighted by Crippen LogP contribution is -2.42. The number of carbonyl (C=O) groups is 3. The van der Waals surface area contributed by atoms with Crippen molar-refractivity contribution < 1.29 is 14.4 Å². The maximum absolute atomic E-state index is 11.8. The molecule has 100 valence electrons. The molecule has 1 heterocycles. The Kier molecular flexibility index (Phi) is 4.34. The van der Waals surface area contributed by atoms with Crippen molar-refractivity contribution in [3.05, 3.63) is 24.3 Å². The van der Waals surface area contributed by atoms with Crippen molar-refractivity contribution in [3.8, 4) is 0 Å². The van der Waals surface area contributed by atoms with Gasteiger partial charge >= 0.3 is 0 Å². The van der Waals surface area contributed by atoms with Crippen LogP contribution in [-0.2, 0) is 14.4 Å². The zero-order valence-electron chi connectivity index (χ0n) is 10.5. The van der Waals surface area contributed by atoms with Crippen molar-refractivity contribution in [2.24, 2.45) is 0 Å². The summed E-state index contributed by atoms with van der Waals surface area (Å²) in [5.74, 6) is -1.63. The second-order valence-electron chi connectivity index (χ2n) is 4.15. The van der Waals surface area contributed by atoms with Gasteiger partial charge in [0.05, 0.1) is 6.67 Å². The minimum absolute atomic E-state index is 0.0805. The Morgan fingerprint density at radius 2 is 2.26 bits per heavy atom. The van der Waals surface area contributed by atoms with E-state index in [9.17, 15) is 14.4 Å². The Hall–Kier alpha value is -1.66. The number of ketones is 2. The summed E-state index contributed by atoms with van der Waals surface area (Å²) in [4.78, 5) is 36.4. The van der Waals surface area contributed by atoms with E-state index in [0.717, 1.165) is 10.6 Å². The second kappa shape index (κ2) is 5.99. The largest absolute Gasteiger partial charge is 0.347 e. The van der Waals surface area contributed by atoms with Gasteiger partial charge in [-0.15, -0.1) is 11.8 Å². The van der Waals surface area contributed by atoms with Crippen molar-refractivity contribution in [2.75, 3.05) is 24.4 Å². The zero-order chi connectivity index (χ0) is 13.8. The molecular weight excluding hydrogens is 264 g/mol. The van der Waals surface area contributed by atoms with E-state index in [-0.39, 0.29) is 6.29 Å². The molecule has 1 fully saturated rings. The molecule has 1 saturated heterocycles. The van der Waals surface area contributed by atoms with Gasteiger partial charge in [0.1, 0.15) is 6.04 Å². The SMILES string of the molecule is CSc1cccc(N2CNCC2C(=O)C(=O)C=O)c1. The van der Waals surface area contributed by atoms with Crippen molar-refractivity contribution in [1.29, 1.82) is 0 Å². The van der Waals surface area contributed by atoms with E-state index < -0.39 is 17.6 Å². The quantitative estimate of drug-likeness (QED) is 0.366. The van der Waals surface area contributed by atoms with Crippen molar-refractivity contribution in [1.82, 2.24) is 5.32 Å². The summed E-state index contributed by atoms with van der Waals surface area (Å²) >= 11 is 1.61. The fourth-order valence-electron chi connectivity index (χ4n) is 2.06. The first-order chi connectivity index (χ1) is 9.17. The molecule has 0 saturated carbocycles. The highest BCUT2D eigenvalue weighted by Crippen LogP contribution is 2.25. The number of hydrogen-bond acceptors (Lipinski definition) is 6. The van der Waals surface area contributed by atoms with Crippen LogP contribution in [-0.4, -0.2) is 43.4 Å². The fourth-order valence-corrected chi connectivity index (χ4v) is 2.51. The average Bonchev–Trinajstić information content (AvgIpc) is 2.95. The second-order valence-corrected chi connectivity index (χ2v) is 5.03. The third-order valence-electron chi connectivity index (χ3n) is 3.03. The van der Waals surface area contributed by atoms with Crippen molar-refractivity contribution >= 4 is 35.3 Å². The standard InChI is InChI=1S/C13H14N2O3S/c1-19-10-4-2-3-9(5-10)15-8-14-6-11(15)13(18)12(17)7-16/h2-5,7,11,14H,6,8H2,1H3. The maximum atomic E-state index is 11.8. The molecule has 1 N–H and O–H groups in total. The average molecular weight is 278 g/mol. The molecule has 1 atom stereocenters. The Morgan fingerprint density at radius 3 is 2.95 bits per heavy atom. The third kappa shape index (κ3) is 2.85. The number of benzene rings is 1. The summed E-state index contributed by atoms with van der Waals surface area (Å²) < 4.78 is 0. The van der Waals surface area contributed by atoms with Gasteiger partial charge in [0.15, 0.2) is 6.29 Å². The van der Waals surface area contributed by atoms with Crippen LogP contribution in [0.1, 0.15) is 0 Å². The molecule has 1 aliphatic rings. The molecule has 6 heteroatoms. The lowest BCUT2D eigenvalue weighted by atomic mass is 10.1. The molecule has 1 aliphatic heterocycles. The molecule has 0 amide bonds. The number of anilines is 1. The highest BCUT2D eigenvalue weighted by Gasteiger charge is 2.34. The van der Waals surface area contributed by atoms with Gasteiger partial charge < -0.3 is 4.90 Å². The molecule has 0 aromatic heterocycles. The van der Waals surface area contributed by atoms with Crippen LogP contribution in [0, 0.1) is 0 Å². The lowest BCUT2D eigenvalue weighted by molar-refractivity contribution is -0.140. The summed E-state index contributed by atoms with van der Waals surface area (Å²) in [5, 5.41) is 3.05. The molecule has 19 heavy (non-hydrogen) atoms. The Bertz CT molecular complexity index is 518. The Morgan fingerprint density at radius 1 is 1.47 bits per heavy atom. The fraction of sp³-hybridized carbons (Fsp3) is 0.308. The summed E-state index contributed by atoms with van der Waals surface area (Å²) in [6, 6.07) is 7.13. The van der Waals surface area contributed by atoms with E-state index >= 15 is 0 Å². The number of thioether (sulfide) groups is 1. The number of Topliss-reactive ketones (excluding diaryl/α,β-unsaturated/α-hetero) is 2. The van der Waals surface area contributed by atoms with Crippen LogP contribution in [0.25, 0.3) is 0 Å². The number of nitrogens with zero attached hydrogens (tertiary/aromatic N) is 1. The van der Waals surface area contributed by atoms with Gasteiger partial charge in [-0.1, -0.05) is 6.07 Å². The summed E-state index contributed by atoms with van der Waals surface area (Å²) in [5.41, 5.74) is 0.869. The topological polar surface area (TPSA) is 66.5 Å². The summed E-state index contributed by atoms with van der Waals surface area (Å²) in [6.45, 7) is 0.863. The van der Waals surface area contributed by atoms with Gasteiger partial charge in [-0.25, -0.2) is 0 Å². The zero-order valence-corrected chi connectivity index (χ0v) is 11.3. The Labute approximate surface area is 115 Å². The van der Waals surface area contributed by atoms with Crippen LogP contribution >= 0.6 is 11.8 Å². The van der Waals surface area contributed by atoms with Crippen LogP contribution in [0.2, 0.25) is 0 Å². The molecule has 1 aromatic rings. The first-order valence-corrected chi connectivity index (χ1v) is 7.04. The van der Waals surface area contributed by atoms with E-state index in [1.807, 2.05) is 35.4 Å².